The number of benzene rings is 2. The van der Waals surface area contributed by atoms with Crippen molar-refractivity contribution in [1.29, 1.82) is 0 Å². The van der Waals surface area contributed by atoms with E-state index in [-0.39, 0.29) is 17.6 Å². The van der Waals surface area contributed by atoms with Gasteiger partial charge in [0.05, 0.1) is 5.56 Å². The SMILES string of the molecule is CC(=O)Nc1cccc(Nc2ccc(C(=O)Nc3ccc(F)cc3)cn2)c1. The van der Waals surface area contributed by atoms with Gasteiger partial charge in [0.2, 0.25) is 5.91 Å². The Morgan fingerprint density at radius 1 is 0.889 bits per heavy atom. The quantitative estimate of drug-likeness (QED) is 0.634. The van der Waals surface area contributed by atoms with Crippen molar-refractivity contribution in [2.24, 2.45) is 0 Å². The van der Waals surface area contributed by atoms with Gasteiger partial charge in [-0.3, -0.25) is 9.59 Å². The highest BCUT2D eigenvalue weighted by molar-refractivity contribution is 6.04. The van der Waals surface area contributed by atoms with Crippen molar-refractivity contribution in [1.82, 2.24) is 4.98 Å². The normalized spacial score (nSPS) is 10.1. The van der Waals surface area contributed by atoms with E-state index in [1.165, 1.54) is 37.4 Å². The number of nitrogens with zero attached hydrogens (tertiary/aromatic N) is 1. The summed E-state index contributed by atoms with van der Waals surface area (Å²) in [5, 5.41) is 8.48. The van der Waals surface area contributed by atoms with Crippen LogP contribution in [0.1, 0.15) is 17.3 Å². The maximum atomic E-state index is 12.9. The lowest BCUT2D eigenvalue weighted by molar-refractivity contribution is -0.114. The van der Waals surface area contributed by atoms with Crippen molar-refractivity contribution in [3.8, 4) is 0 Å². The molecule has 6 nitrogen and oxygen atoms in total. The van der Waals surface area contributed by atoms with E-state index < -0.39 is 0 Å². The maximum absolute atomic E-state index is 12.9. The van der Waals surface area contributed by atoms with Crippen LogP contribution in [0.25, 0.3) is 0 Å². The summed E-state index contributed by atoms with van der Waals surface area (Å²) in [5.74, 6) is -0.309. The van der Waals surface area contributed by atoms with Crippen LogP contribution in [0, 0.1) is 5.82 Å². The second-order valence-corrected chi connectivity index (χ2v) is 5.78. The molecule has 0 saturated heterocycles. The van der Waals surface area contributed by atoms with Crippen LogP contribution in [0.2, 0.25) is 0 Å². The molecule has 3 aromatic rings. The van der Waals surface area contributed by atoms with E-state index in [1.807, 2.05) is 6.07 Å². The number of aromatic nitrogens is 1. The highest BCUT2D eigenvalue weighted by atomic mass is 19.1. The van der Waals surface area contributed by atoms with Crippen molar-refractivity contribution in [3.05, 3.63) is 78.2 Å². The molecular formula is C20H17FN4O2. The predicted molar refractivity (Wildman–Crippen MR) is 103 cm³/mol. The summed E-state index contributed by atoms with van der Waals surface area (Å²) in [6.45, 7) is 1.44. The van der Waals surface area contributed by atoms with Crippen molar-refractivity contribution in [3.63, 3.8) is 0 Å². The average molecular weight is 364 g/mol. The lowest BCUT2D eigenvalue weighted by Gasteiger charge is -2.09. The Morgan fingerprint density at radius 3 is 2.30 bits per heavy atom. The molecule has 3 rings (SSSR count). The zero-order valence-corrected chi connectivity index (χ0v) is 14.5. The smallest absolute Gasteiger partial charge is 0.257 e. The molecule has 0 aliphatic rings. The molecule has 7 heteroatoms. The highest BCUT2D eigenvalue weighted by Crippen LogP contribution is 2.19. The summed E-state index contributed by atoms with van der Waals surface area (Å²) in [6, 6.07) is 16.0. The molecule has 0 atom stereocenters. The molecule has 0 aliphatic carbocycles. The highest BCUT2D eigenvalue weighted by Gasteiger charge is 2.07. The van der Waals surface area contributed by atoms with Crippen LogP contribution in [-0.4, -0.2) is 16.8 Å². The van der Waals surface area contributed by atoms with E-state index in [0.717, 1.165) is 5.69 Å². The number of amides is 2. The Kier molecular flexibility index (Phi) is 5.41. The van der Waals surface area contributed by atoms with Crippen molar-refractivity contribution in [2.45, 2.75) is 6.92 Å². The molecule has 1 heterocycles. The Morgan fingerprint density at radius 2 is 1.63 bits per heavy atom. The van der Waals surface area contributed by atoms with Crippen LogP contribution in [0.5, 0.6) is 0 Å². The van der Waals surface area contributed by atoms with Gasteiger partial charge in [0, 0.05) is 30.2 Å². The molecular weight excluding hydrogens is 347 g/mol. The summed E-state index contributed by atoms with van der Waals surface area (Å²) >= 11 is 0. The van der Waals surface area contributed by atoms with E-state index >= 15 is 0 Å². The van der Waals surface area contributed by atoms with E-state index in [0.29, 0.717) is 22.8 Å². The molecule has 0 unspecified atom stereocenters. The zero-order valence-electron chi connectivity index (χ0n) is 14.5. The van der Waals surface area contributed by atoms with Gasteiger partial charge >= 0.3 is 0 Å². The lowest BCUT2D eigenvalue weighted by atomic mass is 10.2. The van der Waals surface area contributed by atoms with E-state index in [1.54, 1.807) is 30.3 Å². The third-order valence-corrected chi connectivity index (χ3v) is 3.58. The number of nitrogens with one attached hydrogen (secondary N) is 3. The number of halogens is 1. The minimum atomic E-state index is -0.368. The fraction of sp³-hybridized carbons (Fsp3) is 0.0500. The molecule has 136 valence electrons. The maximum Gasteiger partial charge on any atom is 0.257 e. The van der Waals surface area contributed by atoms with Crippen molar-refractivity contribution in [2.75, 3.05) is 16.0 Å². The topological polar surface area (TPSA) is 83.1 Å². The second kappa shape index (κ2) is 8.09. The van der Waals surface area contributed by atoms with Gasteiger partial charge in [-0.2, -0.15) is 0 Å². The van der Waals surface area contributed by atoms with Crippen LogP contribution in [-0.2, 0) is 4.79 Å². The van der Waals surface area contributed by atoms with Crippen LogP contribution in [0.15, 0.2) is 66.9 Å². The summed E-state index contributed by atoms with van der Waals surface area (Å²) in [7, 11) is 0. The van der Waals surface area contributed by atoms with Crippen molar-refractivity contribution >= 4 is 34.7 Å². The number of pyridine rings is 1. The third kappa shape index (κ3) is 5.12. The van der Waals surface area contributed by atoms with Crippen LogP contribution >= 0.6 is 0 Å². The van der Waals surface area contributed by atoms with Gasteiger partial charge in [-0.15, -0.1) is 0 Å². The fourth-order valence-corrected chi connectivity index (χ4v) is 2.36. The minimum absolute atomic E-state index is 0.151. The number of carbonyl (C=O) groups is 2. The summed E-state index contributed by atoms with van der Waals surface area (Å²) < 4.78 is 12.9. The third-order valence-electron chi connectivity index (χ3n) is 3.58. The van der Waals surface area contributed by atoms with Gasteiger partial charge in [-0.05, 0) is 54.6 Å². The van der Waals surface area contributed by atoms with Crippen LogP contribution in [0.3, 0.4) is 0 Å². The molecule has 0 radical (unpaired) electrons. The first kappa shape index (κ1) is 18.1. The second-order valence-electron chi connectivity index (χ2n) is 5.78. The minimum Gasteiger partial charge on any atom is -0.340 e. The first-order chi connectivity index (χ1) is 13.0. The summed E-state index contributed by atoms with van der Waals surface area (Å²) in [6.07, 6.45) is 1.44. The lowest BCUT2D eigenvalue weighted by Crippen LogP contribution is -2.12. The van der Waals surface area contributed by atoms with E-state index in [9.17, 15) is 14.0 Å². The Balaban J connectivity index is 1.65. The van der Waals surface area contributed by atoms with E-state index in [4.69, 9.17) is 0 Å². The Hall–Kier alpha value is -3.74. The van der Waals surface area contributed by atoms with Gasteiger partial charge in [0.1, 0.15) is 11.6 Å². The number of hydrogen-bond donors (Lipinski definition) is 3. The zero-order chi connectivity index (χ0) is 19.2. The Labute approximate surface area is 155 Å². The first-order valence-corrected chi connectivity index (χ1v) is 8.17. The molecule has 2 aromatic carbocycles. The standard InChI is InChI=1S/C20H17FN4O2/c1-13(26)23-17-3-2-4-18(11-17)24-19-10-5-14(12-22-19)20(27)25-16-8-6-15(21)7-9-16/h2-12H,1H3,(H,22,24)(H,23,26)(H,25,27). The molecule has 0 saturated carbocycles. The van der Waals surface area contributed by atoms with Gasteiger partial charge in [0.15, 0.2) is 0 Å². The van der Waals surface area contributed by atoms with Gasteiger partial charge in [0.25, 0.3) is 5.91 Å². The van der Waals surface area contributed by atoms with E-state index in [2.05, 4.69) is 20.9 Å². The number of hydrogen-bond acceptors (Lipinski definition) is 4. The molecule has 3 N–H and O–H groups in total. The fourth-order valence-electron chi connectivity index (χ4n) is 2.36. The molecule has 0 spiro atoms. The summed E-state index contributed by atoms with van der Waals surface area (Å²) in [5.41, 5.74) is 2.29. The molecule has 1 aromatic heterocycles. The monoisotopic (exact) mass is 364 g/mol. The number of anilines is 4. The first-order valence-electron chi connectivity index (χ1n) is 8.17. The van der Waals surface area contributed by atoms with Gasteiger partial charge in [-0.1, -0.05) is 6.07 Å². The average Bonchev–Trinajstić information content (AvgIpc) is 2.64. The molecule has 0 bridgehead atoms. The molecule has 2 amide bonds. The van der Waals surface area contributed by atoms with Crippen LogP contribution < -0.4 is 16.0 Å². The molecule has 0 fully saturated rings. The van der Waals surface area contributed by atoms with Crippen molar-refractivity contribution < 1.29 is 14.0 Å². The number of rotatable bonds is 5. The molecule has 27 heavy (non-hydrogen) atoms. The largest absolute Gasteiger partial charge is 0.340 e. The van der Waals surface area contributed by atoms with Gasteiger partial charge in [-0.25, -0.2) is 9.37 Å². The van der Waals surface area contributed by atoms with Gasteiger partial charge < -0.3 is 16.0 Å². The van der Waals surface area contributed by atoms with Crippen LogP contribution in [0.4, 0.5) is 27.3 Å². The predicted octanol–water partition coefficient (Wildman–Crippen LogP) is 4.18. The Bertz CT molecular complexity index is 956. The summed E-state index contributed by atoms with van der Waals surface area (Å²) in [4.78, 5) is 27.6. The molecule has 0 aliphatic heterocycles. The number of carbonyl (C=O) groups excluding carboxylic acids is 2.